The van der Waals surface area contributed by atoms with Gasteiger partial charge in [-0.3, -0.25) is 0 Å². The van der Waals surface area contributed by atoms with Crippen LogP contribution in [0.2, 0.25) is 0 Å². The molecule has 0 saturated carbocycles. The topological polar surface area (TPSA) is 50.8 Å². The highest BCUT2D eigenvalue weighted by Gasteiger charge is 2.33. The van der Waals surface area contributed by atoms with Gasteiger partial charge in [0.25, 0.3) is 0 Å². The first-order valence-electron chi connectivity index (χ1n) is 7.59. The minimum atomic E-state index is -4.42. The average Bonchev–Trinajstić information content (AvgIpc) is 2.49. The second kappa shape index (κ2) is 7.85. The van der Waals surface area contributed by atoms with Crippen LogP contribution in [-0.2, 0) is 15.7 Å². The van der Waals surface area contributed by atoms with Gasteiger partial charge in [0.15, 0.2) is 0 Å². The lowest BCUT2D eigenvalue weighted by Crippen LogP contribution is -2.57. The van der Waals surface area contributed by atoms with Crippen molar-refractivity contribution in [2.75, 3.05) is 33.9 Å². The fraction of sp³-hybridized carbons (Fsp3) is 0.562. The van der Waals surface area contributed by atoms with E-state index in [0.717, 1.165) is 12.1 Å². The van der Waals surface area contributed by atoms with Gasteiger partial charge in [-0.2, -0.15) is 13.2 Å². The highest BCUT2D eigenvalue weighted by atomic mass is 19.4. The summed E-state index contributed by atoms with van der Waals surface area (Å²) >= 11 is 0. The highest BCUT2D eigenvalue weighted by Crippen LogP contribution is 2.31. The Morgan fingerprint density at radius 2 is 2.08 bits per heavy atom. The summed E-state index contributed by atoms with van der Waals surface area (Å²) in [5.74, 6) is 0. The Kier molecular flexibility index (Phi) is 6.06. The quantitative estimate of drug-likeness (QED) is 0.862. The van der Waals surface area contributed by atoms with Crippen LogP contribution in [0.4, 0.5) is 18.0 Å². The Bertz CT molecular complexity index is 560. The standard InChI is InChI=1S/C16H21F3N2O3/c1-23-7-6-14(20-15(22)21-9-13(10-21)24-2)11-4-3-5-12(8-11)16(17,18)19/h3-5,8,13-14H,6-7,9-10H2,1-2H3,(H,20,22). The largest absolute Gasteiger partial charge is 0.416 e. The molecule has 1 N–H and O–H groups in total. The monoisotopic (exact) mass is 346 g/mol. The van der Waals surface area contributed by atoms with Crippen molar-refractivity contribution in [3.05, 3.63) is 35.4 Å². The normalized spacial score (nSPS) is 16.6. The van der Waals surface area contributed by atoms with Gasteiger partial charge in [0.2, 0.25) is 0 Å². The van der Waals surface area contributed by atoms with Crippen molar-refractivity contribution < 1.29 is 27.4 Å². The number of urea groups is 1. The van der Waals surface area contributed by atoms with Crippen LogP contribution < -0.4 is 5.32 Å². The maximum absolute atomic E-state index is 12.9. The first-order chi connectivity index (χ1) is 11.3. The number of nitrogens with zero attached hydrogens (tertiary/aromatic N) is 1. The molecule has 8 heteroatoms. The van der Waals surface area contributed by atoms with Crippen LogP contribution in [-0.4, -0.2) is 51.0 Å². The van der Waals surface area contributed by atoms with E-state index >= 15 is 0 Å². The van der Waals surface area contributed by atoms with Crippen molar-refractivity contribution in [3.8, 4) is 0 Å². The number of alkyl halides is 3. The second-order valence-electron chi connectivity index (χ2n) is 5.67. The van der Waals surface area contributed by atoms with Gasteiger partial charge in [-0.25, -0.2) is 4.79 Å². The maximum atomic E-state index is 12.9. The molecule has 1 aliphatic heterocycles. The van der Waals surface area contributed by atoms with E-state index in [4.69, 9.17) is 9.47 Å². The summed E-state index contributed by atoms with van der Waals surface area (Å²) in [6, 6.07) is 4.12. The molecule has 1 aliphatic rings. The van der Waals surface area contributed by atoms with E-state index in [1.807, 2.05) is 0 Å². The third-order valence-corrected chi connectivity index (χ3v) is 3.99. The van der Waals surface area contributed by atoms with E-state index in [1.165, 1.54) is 13.2 Å². The van der Waals surface area contributed by atoms with E-state index in [9.17, 15) is 18.0 Å². The maximum Gasteiger partial charge on any atom is 0.416 e. The number of likely N-dealkylation sites (tertiary alicyclic amines) is 1. The molecule has 1 atom stereocenters. The number of amides is 2. The second-order valence-corrected chi connectivity index (χ2v) is 5.67. The van der Waals surface area contributed by atoms with Crippen molar-refractivity contribution >= 4 is 6.03 Å². The number of carbonyl (C=O) groups is 1. The van der Waals surface area contributed by atoms with Gasteiger partial charge in [0.05, 0.1) is 30.8 Å². The highest BCUT2D eigenvalue weighted by molar-refractivity contribution is 5.75. The molecule has 0 aromatic heterocycles. The van der Waals surface area contributed by atoms with Gasteiger partial charge >= 0.3 is 12.2 Å². The molecule has 2 rings (SSSR count). The minimum absolute atomic E-state index is 0.0155. The molecule has 1 heterocycles. The Labute approximate surface area is 138 Å². The van der Waals surface area contributed by atoms with Crippen LogP contribution >= 0.6 is 0 Å². The molecule has 134 valence electrons. The van der Waals surface area contributed by atoms with Crippen LogP contribution in [0.5, 0.6) is 0 Å². The molecule has 0 aliphatic carbocycles. The van der Waals surface area contributed by atoms with Crippen LogP contribution in [0, 0.1) is 0 Å². The molecule has 24 heavy (non-hydrogen) atoms. The Hall–Kier alpha value is -1.80. The number of methoxy groups -OCH3 is 2. The average molecular weight is 346 g/mol. The predicted molar refractivity (Wildman–Crippen MR) is 81.6 cm³/mol. The summed E-state index contributed by atoms with van der Waals surface area (Å²) in [7, 11) is 3.08. The molecule has 1 aromatic carbocycles. The van der Waals surface area contributed by atoms with Crippen molar-refractivity contribution in [2.24, 2.45) is 0 Å². The molecule has 1 aromatic rings. The molecule has 0 radical (unpaired) electrons. The zero-order valence-electron chi connectivity index (χ0n) is 13.6. The van der Waals surface area contributed by atoms with Gasteiger partial charge in [-0.15, -0.1) is 0 Å². The first kappa shape index (κ1) is 18.5. The molecule has 1 saturated heterocycles. The van der Waals surface area contributed by atoms with Crippen LogP contribution in [0.15, 0.2) is 24.3 Å². The summed E-state index contributed by atoms with van der Waals surface area (Å²) in [5.41, 5.74) is -0.334. The number of hydrogen-bond acceptors (Lipinski definition) is 3. The Morgan fingerprint density at radius 1 is 1.38 bits per heavy atom. The molecule has 2 amide bonds. The van der Waals surface area contributed by atoms with Crippen LogP contribution in [0.25, 0.3) is 0 Å². The summed E-state index contributed by atoms with van der Waals surface area (Å²) in [6.07, 6.45) is -4.03. The first-order valence-corrected chi connectivity index (χ1v) is 7.59. The van der Waals surface area contributed by atoms with Gasteiger partial charge in [-0.05, 0) is 24.1 Å². The lowest BCUT2D eigenvalue weighted by atomic mass is 10.0. The summed E-state index contributed by atoms with van der Waals surface area (Å²) in [5, 5.41) is 2.78. The van der Waals surface area contributed by atoms with Gasteiger partial charge in [0, 0.05) is 20.8 Å². The summed E-state index contributed by atoms with van der Waals surface area (Å²) in [6.45, 7) is 1.27. The molecule has 0 spiro atoms. The van der Waals surface area contributed by atoms with Crippen LogP contribution in [0.1, 0.15) is 23.6 Å². The fourth-order valence-electron chi connectivity index (χ4n) is 2.48. The van der Waals surface area contributed by atoms with E-state index in [1.54, 1.807) is 18.1 Å². The van der Waals surface area contributed by atoms with Gasteiger partial charge in [-0.1, -0.05) is 12.1 Å². The predicted octanol–water partition coefficient (Wildman–Crippen LogP) is 2.82. The van der Waals surface area contributed by atoms with E-state index in [-0.39, 0.29) is 12.1 Å². The van der Waals surface area contributed by atoms with Crippen molar-refractivity contribution in [3.63, 3.8) is 0 Å². The van der Waals surface area contributed by atoms with Gasteiger partial charge in [0.1, 0.15) is 0 Å². The van der Waals surface area contributed by atoms with E-state index in [0.29, 0.717) is 31.7 Å². The van der Waals surface area contributed by atoms with E-state index in [2.05, 4.69) is 5.32 Å². The molecule has 0 bridgehead atoms. The smallest absolute Gasteiger partial charge is 0.385 e. The molecular formula is C16H21F3N2O3. The molecular weight excluding hydrogens is 325 g/mol. The number of nitrogens with one attached hydrogen (secondary N) is 1. The zero-order chi connectivity index (χ0) is 17.7. The van der Waals surface area contributed by atoms with Crippen molar-refractivity contribution in [1.29, 1.82) is 0 Å². The summed E-state index contributed by atoms with van der Waals surface area (Å²) < 4.78 is 48.8. The lowest BCUT2D eigenvalue weighted by molar-refractivity contribution is -0.137. The molecule has 5 nitrogen and oxygen atoms in total. The van der Waals surface area contributed by atoms with E-state index < -0.39 is 17.8 Å². The number of rotatable bonds is 6. The summed E-state index contributed by atoms with van der Waals surface area (Å²) in [4.78, 5) is 13.8. The number of carbonyl (C=O) groups excluding carboxylic acids is 1. The number of benzene rings is 1. The number of ether oxygens (including phenoxy) is 2. The van der Waals surface area contributed by atoms with Crippen molar-refractivity contribution in [1.82, 2.24) is 10.2 Å². The number of hydrogen-bond donors (Lipinski definition) is 1. The van der Waals surface area contributed by atoms with Crippen molar-refractivity contribution in [2.45, 2.75) is 24.7 Å². The van der Waals surface area contributed by atoms with Crippen LogP contribution in [0.3, 0.4) is 0 Å². The zero-order valence-corrected chi connectivity index (χ0v) is 13.6. The lowest BCUT2D eigenvalue weighted by Gasteiger charge is -2.38. The third kappa shape index (κ3) is 4.61. The Morgan fingerprint density at radius 3 is 2.67 bits per heavy atom. The Balaban J connectivity index is 2.09. The minimum Gasteiger partial charge on any atom is -0.385 e. The SMILES string of the molecule is COCCC(NC(=O)N1CC(OC)C1)c1cccc(C(F)(F)F)c1. The number of halogens is 3. The van der Waals surface area contributed by atoms with Gasteiger partial charge < -0.3 is 19.7 Å². The third-order valence-electron chi connectivity index (χ3n) is 3.99. The molecule has 1 unspecified atom stereocenters. The molecule has 1 fully saturated rings. The fourth-order valence-corrected chi connectivity index (χ4v) is 2.48.